The molecule has 0 saturated heterocycles. The Hall–Kier alpha value is -2.25. The fraction of sp³-hybridized carbons (Fsp3) is 0.750. The molecule has 0 N–H and O–H groups in total. The SMILES string of the molecule is CCC(=O)C(C)=O.CCCC(=O)OCC(COC(=O)CCC)OC(=O)CCC. The molecular weight excluding hydrogens is 368 g/mol. The number of carbonyl (C=O) groups excluding carboxylic acids is 5. The first-order chi connectivity index (χ1) is 13.2. The summed E-state index contributed by atoms with van der Waals surface area (Å²) in [5.74, 6) is -1.73. The summed E-state index contributed by atoms with van der Waals surface area (Å²) in [5, 5.41) is 0. The van der Waals surface area contributed by atoms with Crippen molar-refractivity contribution in [2.45, 2.75) is 85.7 Å². The summed E-state index contributed by atoms with van der Waals surface area (Å²) in [7, 11) is 0. The molecule has 28 heavy (non-hydrogen) atoms. The summed E-state index contributed by atoms with van der Waals surface area (Å²) in [6, 6.07) is 0. The van der Waals surface area contributed by atoms with Gasteiger partial charge in [0.25, 0.3) is 0 Å². The van der Waals surface area contributed by atoms with E-state index in [1.54, 1.807) is 6.92 Å². The van der Waals surface area contributed by atoms with E-state index in [1.165, 1.54) is 6.92 Å². The number of ether oxygens (including phenoxy) is 3. The van der Waals surface area contributed by atoms with Gasteiger partial charge in [-0.05, 0) is 19.3 Å². The van der Waals surface area contributed by atoms with Gasteiger partial charge in [0.1, 0.15) is 13.2 Å². The van der Waals surface area contributed by atoms with Gasteiger partial charge in [-0.2, -0.15) is 0 Å². The van der Waals surface area contributed by atoms with Crippen LogP contribution in [0.4, 0.5) is 0 Å². The van der Waals surface area contributed by atoms with Crippen LogP contribution >= 0.6 is 0 Å². The molecule has 0 atom stereocenters. The van der Waals surface area contributed by atoms with Crippen LogP contribution in [0, 0.1) is 0 Å². The smallest absolute Gasteiger partial charge is 0.306 e. The molecule has 0 aromatic rings. The highest BCUT2D eigenvalue weighted by molar-refractivity contribution is 6.36. The van der Waals surface area contributed by atoms with Gasteiger partial charge in [-0.15, -0.1) is 0 Å². The average Bonchev–Trinajstić information content (AvgIpc) is 2.64. The fourth-order valence-electron chi connectivity index (χ4n) is 1.74. The number of esters is 3. The topological polar surface area (TPSA) is 113 Å². The van der Waals surface area contributed by atoms with Crippen molar-refractivity contribution in [2.75, 3.05) is 13.2 Å². The quantitative estimate of drug-likeness (QED) is 0.262. The lowest BCUT2D eigenvalue weighted by molar-refractivity contribution is -0.166. The van der Waals surface area contributed by atoms with Crippen LogP contribution in [0.25, 0.3) is 0 Å². The monoisotopic (exact) mass is 402 g/mol. The molecule has 0 spiro atoms. The van der Waals surface area contributed by atoms with E-state index >= 15 is 0 Å². The maximum absolute atomic E-state index is 11.5. The standard InChI is InChI=1S/C15H26O6.C5H8O2/c1-4-7-13(16)19-10-12(21-15(18)9-6-3)11-20-14(17)8-5-2;1-3-5(7)4(2)6/h12H,4-11H2,1-3H3;3H2,1-2H3. The van der Waals surface area contributed by atoms with Crippen molar-refractivity contribution in [3.8, 4) is 0 Å². The van der Waals surface area contributed by atoms with E-state index in [-0.39, 0.29) is 49.1 Å². The minimum absolute atomic E-state index is 0.0896. The van der Waals surface area contributed by atoms with E-state index in [0.29, 0.717) is 38.5 Å². The van der Waals surface area contributed by atoms with E-state index in [0.717, 1.165) is 0 Å². The molecule has 0 saturated carbocycles. The van der Waals surface area contributed by atoms with Crippen LogP contribution in [-0.4, -0.2) is 48.8 Å². The second-order valence-corrected chi connectivity index (χ2v) is 6.06. The van der Waals surface area contributed by atoms with Crippen LogP contribution in [0.5, 0.6) is 0 Å². The molecule has 0 radical (unpaired) electrons. The number of Topliss-reactive ketones (excluding diaryl/α,β-unsaturated/α-hetero) is 2. The highest BCUT2D eigenvalue weighted by Gasteiger charge is 2.18. The molecule has 0 aliphatic heterocycles. The number of hydrogen-bond acceptors (Lipinski definition) is 8. The molecule has 0 aromatic heterocycles. The van der Waals surface area contributed by atoms with Crippen molar-refractivity contribution in [3.63, 3.8) is 0 Å². The molecule has 8 nitrogen and oxygen atoms in total. The summed E-state index contributed by atoms with van der Waals surface area (Å²) < 4.78 is 15.2. The summed E-state index contributed by atoms with van der Waals surface area (Å²) in [6.45, 7) is 8.37. The molecule has 0 unspecified atom stereocenters. The molecule has 0 aliphatic carbocycles. The molecule has 0 fully saturated rings. The van der Waals surface area contributed by atoms with Gasteiger partial charge >= 0.3 is 17.9 Å². The lowest BCUT2D eigenvalue weighted by atomic mass is 10.2. The largest absolute Gasteiger partial charge is 0.462 e. The van der Waals surface area contributed by atoms with Crippen molar-refractivity contribution < 1.29 is 38.2 Å². The summed E-state index contributed by atoms with van der Waals surface area (Å²) >= 11 is 0. The van der Waals surface area contributed by atoms with Crippen LogP contribution in [0.3, 0.4) is 0 Å². The number of ketones is 2. The minimum Gasteiger partial charge on any atom is -0.462 e. The van der Waals surface area contributed by atoms with E-state index in [4.69, 9.17) is 14.2 Å². The van der Waals surface area contributed by atoms with Crippen LogP contribution in [-0.2, 0) is 38.2 Å². The van der Waals surface area contributed by atoms with Gasteiger partial charge in [0.05, 0.1) is 0 Å². The Balaban J connectivity index is 0. The third-order valence-electron chi connectivity index (χ3n) is 3.23. The molecule has 8 heteroatoms. The lowest BCUT2D eigenvalue weighted by Gasteiger charge is -2.18. The van der Waals surface area contributed by atoms with Crippen molar-refractivity contribution in [3.05, 3.63) is 0 Å². The molecular formula is C20H34O8. The van der Waals surface area contributed by atoms with Gasteiger partial charge in [-0.1, -0.05) is 27.7 Å². The molecule has 0 amide bonds. The molecule has 0 bridgehead atoms. The van der Waals surface area contributed by atoms with Gasteiger partial charge in [0.15, 0.2) is 17.7 Å². The summed E-state index contributed by atoms with van der Waals surface area (Å²) in [5.41, 5.74) is 0. The summed E-state index contributed by atoms with van der Waals surface area (Å²) in [6.07, 6.45) is 2.52. The van der Waals surface area contributed by atoms with Gasteiger partial charge in [0, 0.05) is 32.6 Å². The highest BCUT2D eigenvalue weighted by atomic mass is 16.6. The van der Waals surface area contributed by atoms with E-state index in [2.05, 4.69) is 0 Å². The Kier molecular flexibility index (Phi) is 18.1. The first-order valence-corrected chi connectivity index (χ1v) is 9.76. The van der Waals surface area contributed by atoms with E-state index in [1.807, 2.05) is 20.8 Å². The van der Waals surface area contributed by atoms with E-state index in [9.17, 15) is 24.0 Å². The van der Waals surface area contributed by atoms with Crippen molar-refractivity contribution >= 4 is 29.5 Å². The number of rotatable bonds is 13. The summed E-state index contributed by atoms with van der Waals surface area (Å²) in [4.78, 5) is 54.3. The lowest BCUT2D eigenvalue weighted by Crippen LogP contribution is -2.30. The fourth-order valence-corrected chi connectivity index (χ4v) is 1.74. The zero-order valence-electron chi connectivity index (χ0n) is 17.7. The van der Waals surface area contributed by atoms with Crippen molar-refractivity contribution in [2.24, 2.45) is 0 Å². The Morgan fingerprint density at radius 1 is 0.679 bits per heavy atom. The Morgan fingerprint density at radius 2 is 1.07 bits per heavy atom. The molecule has 0 aromatic carbocycles. The normalized spacial score (nSPS) is 9.79. The van der Waals surface area contributed by atoms with Crippen LogP contribution < -0.4 is 0 Å². The molecule has 0 aliphatic rings. The second kappa shape index (κ2) is 18.1. The highest BCUT2D eigenvalue weighted by Crippen LogP contribution is 2.03. The van der Waals surface area contributed by atoms with Crippen LogP contribution in [0.15, 0.2) is 0 Å². The molecule has 0 rings (SSSR count). The number of carbonyl (C=O) groups is 5. The third-order valence-corrected chi connectivity index (χ3v) is 3.23. The second-order valence-electron chi connectivity index (χ2n) is 6.06. The Morgan fingerprint density at radius 3 is 1.36 bits per heavy atom. The molecule has 162 valence electrons. The Bertz CT molecular complexity index is 476. The zero-order chi connectivity index (χ0) is 21.9. The predicted molar refractivity (Wildman–Crippen MR) is 103 cm³/mol. The van der Waals surface area contributed by atoms with Gasteiger partial charge in [-0.3, -0.25) is 24.0 Å². The van der Waals surface area contributed by atoms with E-state index < -0.39 is 6.10 Å². The van der Waals surface area contributed by atoms with Gasteiger partial charge < -0.3 is 14.2 Å². The predicted octanol–water partition coefficient (Wildman–Crippen LogP) is 2.94. The zero-order valence-corrected chi connectivity index (χ0v) is 17.7. The third kappa shape index (κ3) is 17.2. The van der Waals surface area contributed by atoms with Crippen LogP contribution in [0.1, 0.15) is 79.6 Å². The van der Waals surface area contributed by atoms with Gasteiger partial charge in [-0.25, -0.2) is 0 Å². The van der Waals surface area contributed by atoms with Crippen molar-refractivity contribution in [1.29, 1.82) is 0 Å². The first kappa shape index (κ1) is 28.0. The van der Waals surface area contributed by atoms with Crippen LogP contribution in [0.2, 0.25) is 0 Å². The number of hydrogen-bond donors (Lipinski definition) is 0. The maximum Gasteiger partial charge on any atom is 0.306 e. The Labute approximate surface area is 167 Å². The maximum atomic E-state index is 11.5. The first-order valence-electron chi connectivity index (χ1n) is 9.76. The average molecular weight is 402 g/mol. The molecule has 0 heterocycles. The van der Waals surface area contributed by atoms with Gasteiger partial charge in [0.2, 0.25) is 0 Å². The minimum atomic E-state index is -0.745. The van der Waals surface area contributed by atoms with Crippen molar-refractivity contribution in [1.82, 2.24) is 0 Å².